The molecule has 0 saturated carbocycles. The summed E-state index contributed by atoms with van der Waals surface area (Å²) in [5.74, 6) is -1.50. The SMILES string of the molecule is C=C(CCOC)N(C)C(=NC)c1cc(C(=O)O)c(F)cc1CC. The van der Waals surface area contributed by atoms with Gasteiger partial charge in [0.1, 0.15) is 11.7 Å². The molecule has 0 bridgehead atoms. The summed E-state index contributed by atoms with van der Waals surface area (Å²) in [6.45, 7) is 6.39. The number of halogens is 1. The van der Waals surface area contributed by atoms with Gasteiger partial charge in [0.2, 0.25) is 0 Å². The largest absolute Gasteiger partial charge is 0.478 e. The smallest absolute Gasteiger partial charge is 0.338 e. The zero-order chi connectivity index (χ0) is 17.6. The summed E-state index contributed by atoms with van der Waals surface area (Å²) in [7, 11) is 5.01. The Balaban J connectivity index is 3.32. The normalized spacial score (nSPS) is 11.4. The Labute approximate surface area is 136 Å². The second-order valence-corrected chi connectivity index (χ2v) is 5.06. The lowest BCUT2D eigenvalue weighted by Gasteiger charge is -2.25. The number of amidine groups is 1. The van der Waals surface area contributed by atoms with Crippen LogP contribution in [-0.2, 0) is 11.2 Å². The molecule has 0 unspecified atom stereocenters. The van der Waals surface area contributed by atoms with Crippen molar-refractivity contribution < 1.29 is 19.0 Å². The van der Waals surface area contributed by atoms with E-state index in [1.165, 1.54) is 12.1 Å². The molecular formula is C17H23FN2O3. The van der Waals surface area contributed by atoms with E-state index in [9.17, 15) is 9.18 Å². The van der Waals surface area contributed by atoms with Crippen molar-refractivity contribution in [3.05, 3.63) is 46.9 Å². The summed E-state index contributed by atoms with van der Waals surface area (Å²) >= 11 is 0. The van der Waals surface area contributed by atoms with Crippen LogP contribution >= 0.6 is 0 Å². The van der Waals surface area contributed by atoms with Gasteiger partial charge in [-0.05, 0) is 24.1 Å². The Morgan fingerprint density at radius 2 is 2.09 bits per heavy atom. The number of hydrogen-bond donors (Lipinski definition) is 1. The highest BCUT2D eigenvalue weighted by Crippen LogP contribution is 2.21. The molecule has 0 aromatic heterocycles. The second kappa shape index (κ2) is 8.43. The van der Waals surface area contributed by atoms with Gasteiger partial charge in [0.05, 0.1) is 12.2 Å². The number of carbonyl (C=O) groups is 1. The van der Waals surface area contributed by atoms with Crippen molar-refractivity contribution in [1.82, 2.24) is 4.90 Å². The Hall–Kier alpha value is -2.21. The molecular weight excluding hydrogens is 299 g/mol. The third kappa shape index (κ3) is 4.39. The first-order valence-corrected chi connectivity index (χ1v) is 7.30. The van der Waals surface area contributed by atoms with Crippen LogP contribution in [-0.4, -0.2) is 49.6 Å². The van der Waals surface area contributed by atoms with Crippen molar-refractivity contribution in [2.75, 3.05) is 27.8 Å². The van der Waals surface area contributed by atoms with Crippen LogP contribution in [0.1, 0.15) is 34.8 Å². The number of carboxylic acid groups (broad SMARTS) is 1. The van der Waals surface area contributed by atoms with Crippen LogP contribution in [0.5, 0.6) is 0 Å². The summed E-state index contributed by atoms with van der Waals surface area (Å²) < 4.78 is 18.9. The van der Waals surface area contributed by atoms with Crippen molar-refractivity contribution in [1.29, 1.82) is 0 Å². The third-order valence-electron chi connectivity index (χ3n) is 3.64. The molecule has 1 N–H and O–H groups in total. The van der Waals surface area contributed by atoms with Crippen LogP contribution in [0.2, 0.25) is 0 Å². The molecule has 5 nitrogen and oxygen atoms in total. The molecule has 0 saturated heterocycles. The highest BCUT2D eigenvalue weighted by Gasteiger charge is 2.20. The van der Waals surface area contributed by atoms with Gasteiger partial charge < -0.3 is 14.7 Å². The molecule has 0 amide bonds. The van der Waals surface area contributed by atoms with Gasteiger partial charge in [-0.1, -0.05) is 13.5 Å². The maximum atomic E-state index is 13.9. The highest BCUT2D eigenvalue weighted by molar-refractivity contribution is 6.02. The van der Waals surface area contributed by atoms with Gasteiger partial charge in [-0.15, -0.1) is 0 Å². The predicted molar refractivity (Wildman–Crippen MR) is 88.6 cm³/mol. The molecule has 126 valence electrons. The third-order valence-corrected chi connectivity index (χ3v) is 3.64. The van der Waals surface area contributed by atoms with Crippen molar-refractivity contribution in [2.24, 2.45) is 4.99 Å². The number of carboxylic acids is 1. The molecule has 0 aliphatic carbocycles. The minimum atomic E-state index is -1.30. The Bertz CT molecular complexity index is 627. The van der Waals surface area contributed by atoms with Gasteiger partial charge >= 0.3 is 5.97 Å². The van der Waals surface area contributed by atoms with Gasteiger partial charge in [0.25, 0.3) is 0 Å². The van der Waals surface area contributed by atoms with E-state index in [-0.39, 0.29) is 5.56 Å². The number of hydrogen-bond acceptors (Lipinski definition) is 3. The maximum absolute atomic E-state index is 13.9. The van der Waals surface area contributed by atoms with Crippen molar-refractivity contribution >= 4 is 11.8 Å². The molecule has 0 radical (unpaired) electrons. The van der Waals surface area contributed by atoms with E-state index in [0.29, 0.717) is 36.4 Å². The van der Waals surface area contributed by atoms with Crippen LogP contribution in [0.3, 0.4) is 0 Å². The van der Waals surface area contributed by atoms with Gasteiger partial charge in [0.15, 0.2) is 0 Å². The molecule has 0 fully saturated rings. The molecule has 1 aromatic carbocycles. The summed E-state index contributed by atoms with van der Waals surface area (Å²) in [5.41, 5.74) is 1.69. The maximum Gasteiger partial charge on any atom is 0.338 e. The van der Waals surface area contributed by atoms with Crippen LogP contribution in [0.4, 0.5) is 4.39 Å². The van der Waals surface area contributed by atoms with E-state index in [1.807, 2.05) is 6.92 Å². The fourth-order valence-electron chi connectivity index (χ4n) is 2.27. The fourth-order valence-corrected chi connectivity index (χ4v) is 2.27. The fraction of sp³-hybridized carbons (Fsp3) is 0.412. The molecule has 0 atom stereocenters. The van der Waals surface area contributed by atoms with Gasteiger partial charge in [-0.3, -0.25) is 4.99 Å². The van der Waals surface area contributed by atoms with Crippen LogP contribution < -0.4 is 0 Å². The van der Waals surface area contributed by atoms with E-state index in [1.54, 1.807) is 26.1 Å². The first-order chi connectivity index (χ1) is 10.9. The highest BCUT2D eigenvalue weighted by atomic mass is 19.1. The summed E-state index contributed by atoms with van der Waals surface area (Å²) in [6, 6.07) is 2.59. The lowest BCUT2D eigenvalue weighted by molar-refractivity contribution is 0.0692. The molecule has 23 heavy (non-hydrogen) atoms. The Morgan fingerprint density at radius 3 is 2.57 bits per heavy atom. The quantitative estimate of drug-likeness (QED) is 0.619. The molecule has 0 spiro atoms. The molecule has 1 aromatic rings. The number of methoxy groups -OCH3 is 1. The topological polar surface area (TPSA) is 62.1 Å². The van der Waals surface area contributed by atoms with E-state index in [0.717, 1.165) is 5.70 Å². The average molecular weight is 322 g/mol. The number of benzene rings is 1. The first-order valence-electron chi connectivity index (χ1n) is 7.30. The standard InChI is InChI=1S/C17H23FN2O3/c1-6-12-9-15(18)14(17(21)22)10-13(12)16(19-3)20(4)11(2)7-8-23-5/h9-10H,2,6-8H2,1,3-5H3,(H,21,22). The minimum Gasteiger partial charge on any atom is -0.478 e. The van der Waals surface area contributed by atoms with E-state index in [2.05, 4.69) is 11.6 Å². The number of nitrogens with zero attached hydrogens (tertiary/aromatic N) is 2. The second-order valence-electron chi connectivity index (χ2n) is 5.06. The zero-order valence-electron chi connectivity index (χ0n) is 14.0. The lowest BCUT2D eigenvalue weighted by Crippen LogP contribution is -2.28. The zero-order valence-corrected chi connectivity index (χ0v) is 14.0. The Kier molecular flexibility index (Phi) is 6.90. The Morgan fingerprint density at radius 1 is 1.43 bits per heavy atom. The van der Waals surface area contributed by atoms with Gasteiger partial charge in [0, 0.05) is 38.9 Å². The van der Waals surface area contributed by atoms with Crippen LogP contribution in [0, 0.1) is 5.82 Å². The van der Waals surface area contributed by atoms with Crippen molar-refractivity contribution in [3.8, 4) is 0 Å². The molecule has 0 heterocycles. The number of aliphatic imine (C=N–C) groups is 1. The molecule has 0 aliphatic heterocycles. The summed E-state index contributed by atoms with van der Waals surface area (Å²) in [5, 5.41) is 9.14. The molecule has 0 aliphatic rings. The predicted octanol–water partition coefficient (Wildman–Crippen LogP) is 2.94. The van der Waals surface area contributed by atoms with Crippen LogP contribution in [0.25, 0.3) is 0 Å². The van der Waals surface area contributed by atoms with Crippen molar-refractivity contribution in [3.63, 3.8) is 0 Å². The average Bonchev–Trinajstić information content (AvgIpc) is 2.53. The van der Waals surface area contributed by atoms with Gasteiger partial charge in [-0.25, -0.2) is 9.18 Å². The minimum absolute atomic E-state index is 0.366. The van der Waals surface area contributed by atoms with Crippen LogP contribution in [0.15, 0.2) is 29.4 Å². The molecule has 6 heteroatoms. The first kappa shape index (κ1) is 18.8. The number of aromatic carboxylic acids is 1. The van der Waals surface area contributed by atoms with E-state index in [4.69, 9.17) is 9.84 Å². The number of aryl methyl sites for hydroxylation is 1. The summed E-state index contributed by atoms with van der Waals surface area (Å²) in [4.78, 5) is 17.2. The monoisotopic (exact) mass is 322 g/mol. The lowest BCUT2D eigenvalue weighted by atomic mass is 9.99. The van der Waals surface area contributed by atoms with Gasteiger partial charge in [-0.2, -0.15) is 0 Å². The number of ether oxygens (including phenoxy) is 1. The number of rotatable bonds is 7. The molecule has 1 rings (SSSR count). The summed E-state index contributed by atoms with van der Waals surface area (Å²) in [6.07, 6.45) is 1.17. The van der Waals surface area contributed by atoms with E-state index < -0.39 is 11.8 Å². The van der Waals surface area contributed by atoms with E-state index >= 15 is 0 Å². The van der Waals surface area contributed by atoms with Crippen molar-refractivity contribution in [2.45, 2.75) is 19.8 Å².